The predicted molar refractivity (Wildman–Crippen MR) is 172 cm³/mol. The fourth-order valence-electron chi connectivity index (χ4n) is 4.92. The van der Waals surface area contributed by atoms with E-state index in [0.717, 1.165) is 33.9 Å². The van der Waals surface area contributed by atoms with Crippen LogP contribution in [0.15, 0.2) is 140 Å². The number of benzene rings is 5. The van der Waals surface area contributed by atoms with Gasteiger partial charge in [-0.2, -0.15) is 0 Å². The number of hydrogen-bond donors (Lipinski definition) is 0. The normalized spacial score (nSPS) is 11.4. The Labute approximate surface area is 238 Å². The number of rotatable bonds is 6. The van der Waals surface area contributed by atoms with E-state index in [9.17, 15) is 0 Å². The Balaban J connectivity index is 1.35. The molecule has 0 aliphatic carbocycles. The molecule has 40 heavy (non-hydrogen) atoms. The Morgan fingerprint density at radius 3 is 1.18 bits per heavy atom. The first-order valence-electron chi connectivity index (χ1n) is 13.8. The number of nitrogens with zero attached hydrogens (tertiary/aromatic N) is 2. The first kappa shape index (κ1) is 25.7. The van der Waals surface area contributed by atoms with Crippen LogP contribution < -0.4 is 5.19 Å². The van der Waals surface area contributed by atoms with Crippen LogP contribution in [0.1, 0.15) is 0 Å². The van der Waals surface area contributed by atoms with E-state index in [-0.39, 0.29) is 0 Å². The lowest BCUT2D eigenvalue weighted by Crippen LogP contribution is -2.37. The van der Waals surface area contributed by atoms with Crippen molar-refractivity contribution < 1.29 is 0 Å². The summed E-state index contributed by atoms with van der Waals surface area (Å²) in [5, 5.41) is 1.43. The van der Waals surface area contributed by atoms with E-state index in [1.54, 1.807) is 0 Å². The van der Waals surface area contributed by atoms with E-state index >= 15 is 0 Å². The Morgan fingerprint density at radius 1 is 0.375 bits per heavy atom. The molecule has 2 nitrogen and oxygen atoms in total. The zero-order valence-electron chi connectivity index (χ0n) is 23.2. The minimum absolute atomic E-state index is 0.749. The molecule has 0 atom stereocenters. The van der Waals surface area contributed by atoms with Gasteiger partial charge in [0.2, 0.25) is 0 Å². The van der Waals surface area contributed by atoms with E-state index in [4.69, 9.17) is 9.97 Å². The van der Waals surface area contributed by atoms with Gasteiger partial charge < -0.3 is 0 Å². The maximum absolute atomic E-state index is 5.04. The van der Waals surface area contributed by atoms with Crippen LogP contribution in [0.2, 0.25) is 19.6 Å². The summed E-state index contributed by atoms with van der Waals surface area (Å²) in [6.45, 7) is 7.11. The summed E-state index contributed by atoms with van der Waals surface area (Å²) in [6.07, 6.45) is 0. The van der Waals surface area contributed by atoms with Crippen LogP contribution in [0.4, 0.5) is 0 Å². The van der Waals surface area contributed by atoms with Crippen LogP contribution in [0.3, 0.4) is 0 Å². The Hall–Kier alpha value is -4.60. The van der Waals surface area contributed by atoms with Gasteiger partial charge in [-0.25, -0.2) is 9.97 Å². The van der Waals surface area contributed by atoms with Crippen LogP contribution in [0, 0.1) is 0 Å². The Bertz CT molecular complexity index is 1720. The quantitative estimate of drug-likeness (QED) is 0.200. The lowest BCUT2D eigenvalue weighted by molar-refractivity contribution is 1.18. The van der Waals surface area contributed by atoms with Crippen LogP contribution in [0.25, 0.3) is 56.2 Å². The molecule has 6 rings (SSSR count). The lowest BCUT2D eigenvalue weighted by Gasteiger charge is -2.17. The van der Waals surface area contributed by atoms with Gasteiger partial charge in [0.05, 0.1) is 19.5 Å². The molecule has 1 aromatic heterocycles. The molecular formula is C37H32N2Si. The largest absolute Gasteiger partial charge is 0.228 e. The average molecular weight is 533 g/mol. The van der Waals surface area contributed by atoms with E-state index in [1.165, 1.54) is 27.4 Å². The summed E-state index contributed by atoms with van der Waals surface area (Å²) in [7, 11) is -1.38. The molecule has 0 aliphatic rings. The zero-order valence-corrected chi connectivity index (χ0v) is 24.2. The third-order valence-corrected chi connectivity index (χ3v) is 9.38. The second-order valence-electron chi connectivity index (χ2n) is 11.2. The van der Waals surface area contributed by atoms with Crippen molar-refractivity contribution in [1.82, 2.24) is 9.97 Å². The molecule has 0 fully saturated rings. The van der Waals surface area contributed by atoms with Gasteiger partial charge in [-0.3, -0.25) is 0 Å². The third kappa shape index (κ3) is 5.56. The lowest BCUT2D eigenvalue weighted by atomic mass is 9.99. The summed E-state index contributed by atoms with van der Waals surface area (Å²) in [6, 6.07) is 49.2. The molecule has 0 amide bonds. The molecule has 0 aliphatic heterocycles. The smallest absolute Gasteiger partial charge is 0.160 e. The minimum atomic E-state index is -1.38. The van der Waals surface area contributed by atoms with E-state index in [0.29, 0.717) is 0 Å². The van der Waals surface area contributed by atoms with Crippen molar-refractivity contribution in [3.05, 3.63) is 140 Å². The molecule has 0 saturated heterocycles. The molecule has 0 N–H and O–H groups in total. The van der Waals surface area contributed by atoms with Crippen molar-refractivity contribution in [3.8, 4) is 56.2 Å². The van der Waals surface area contributed by atoms with Gasteiger partial charge in [-0.05, 0) is 28.3 Å². The van der Waals surface area contributed by atoms with Gasteiger partial charge in [0.15, 0.2) is 5.82 Å². The number of aromatic nitrogens is 2. The topological polar surface area (TPSA) is 25.8 Å². The summed E-state index contributed by atoms with van der Waals surface area (Å²) in [4.78, 5) is 10.0. The summed E-state index contributed by atoms with van der Waals surface area (Å²) >= 11 is 0. The molecular weight excluding hydrogens is 501 g/mol. The maximum Gasteiger partial charge on any atom is 0.160 e. The SMILES string of the molecule is C[Si](C)(C)c1ccc(-c2nc(-c3ccccc3)cc(-c3ccc(-c4ccc(-c5ccccc5)cc4)cc3)n2)cc1. The van der Waals surface area contributed by atoms with Gasteiger partial charge in [-0.15, -0.1) is 0 Å². The molecule has 0 saturated carbocycles. The second kappa shape index (κ2) is 10.9. The van der Waals surface area contributed by atoms with Gasteiger partial charge in [-0.1, -0.05) is 158 Å². The van der Waals surface area contributed by atoms with E-state index in [1.807, 2.05) is 12.1 Å². The highest BCUT2D eigenvalue weighted by molar-refractivity contribution is 6.88. The van der Waals surface area contributed by atoms with E-state index < -0.39 is 8.07 Å². The van der Waals surface area contributed by atoms with Gasteiger partial charge in [0, 0.05) is 16.7 Å². The van der Waals surface area contributed by atoms with Crippen molar-refractivity contribution in [2.75, 3.05) is 0 Å². The number of hydrogen-bond acceptors (Lipinski definition) is 2. The molecule has 6 aromatic rings. The molecule has 194 valence electrons. The summed E-state index contributed by atoms with van der Waals surface area (Å²) in [5.41, 5.74) is 9.88. The third-order valence-electron chi connectivity index (χ3n) is 7.31. The highest BCUT2D eigenvalue weighted by atomic mass is 28.3. The average Bonchev–Trinajstić information content (AvgIpc) is 3.01. The minimum Gasteiger partial charge on any atom is -0.228 e. The molecule has 0 spiro atoms. The Kier molecular flexibility index (Phi) is 6.98. The van der Waals surface area contributed by atoms with Crippen LogP contribution >= 0.6 is 0 Å². The van der Waals surface area contributed by atoms with E-state index in [2.05, 4.69) is 147 Å². The molecule has 0 bridgehead atoms. The molecule has 1 heterocycles. The van der Waals surface area contributed by atoms with Crippen molar-refractivity contribution in [1.29, 1.82) is 0 Å². The first-order valence-corrected chi connectivity index (χ1v) is 17.3. The van der Waals surface area contributed by atoms with Crippen LogP contribution in [-0.4, -0.2) is 18.0 Å². The standard InChI is InChI=1S/C37H32N2Si/c1-40(2,3)34-24-22-33(23-25-34)37-38-35(31-12-8-5-9-13-31)26-36(39-37)32-20-18-30(19-21-32)29-16-14-28(15-17-29)27-10-6-4-7-11-27/h4-26H,1-3H3. The van der Waals surface area contributed by atoms with Crippen molar-refractivity contribution in [3.63, 3.8) is 0 Å². The molecule has 5 aromatic carbocycles. The fraction of sp³-hybridized carbons (Fsp3) is 0.0811. The van der Waals surface area contributed by atoms with Gasteiger partial charge in [0.1, 0.15) is 0 Å². The van der Waals surface area contributed by atoms with Gasteiger partial charge in [0.25, 0.3) is 0 Å². The van der Waals surface area contributed by atoms with Gasteiger partial charge >= 0.3 is 0 Å². The first-order chi connectivity index (χ1) is 19.4. The molecule has 0 unspecified atom stereocenters. The fourth-order valence-corrected chi connectivity index (χ4v) is 6.09. The predicted octanol–water partition coefficient (Wildman–Crippen LogP) is 9.36. The summed E-state index contributed by atoms with van der Waals surface area (Å²) < 4.78 is 0. The molecule has 0 radical (unpaired) electrons. The van der Waals surface area contributed by atoms with Crippen molar-refractivity contribution in [2.24, 2.45) is 0 Å². The highest BCUT2D eigenvalue weighted by Crippen LogP contribution is 2.30. The van der Waals surface area contributed by atoms with Crippen molar-refractivity contribution in [2.45, 2.75) is 19.6 Å². The zero-order chi connectivity index (χ0) is 27.5. The van der Waals surface area contributed by atoms with Crippen LogP contribution in [0.5, 0.6) is 0 Å². The van der Waals surface area contributed by atoms with Crippen molar-refractivity contribution >= 4 is 13.3 Å². The maximum atomic E-state index is 5.04. The Morgan fingerprint density at radius 2 is 0.725 bits per heavy atom. The molecule has 3 heteroatoms. The highest BCUT2D eigenvalue weighted by Gasteiger charge is 2.17. The monoisotopic (exact) mass is 532 g/mol. The second-order valence-corrected chi connectivity index (χ2v) is 16.3. The summed E-state index contributed by atoms with van der Waals surface area (Å²) in [5.74, 6) is 0.749. The van der Waals surface area contributed by atoms with Crippen LogP contribution in [-0.2, 0) is 0 Å².